The largest absolute Gasteiger partial charge is 0.390 e. The van der Waals surface area contributed by atoms with Crippen molar-refractivity contribution in [2.75, 3.05) is 0 Å². The average molecular weight is 144 g/mol. The summed E-state index contributed by atoms with van der Waals surface area (Å²) < 4.78 is 0. The molecule has 1 atom stereocenters. The second-order valence-electron chi connectivity index (χ2n) is 2.92. The van der Waals surface area contributed by atoms with Gasteiger partial charge in [0.1, 0.15) is 5.78 Å². The topological polar surface area (TPSA) is 37.3 Å². The molecular weight excluding hydrogens is 128 g/mol. The van der Waals surface area contributed by atoms with Crippen molar-refractivity contribution in [3.63, 3.8) is 0 Å². The average Bonchev–Trinajstić information content (AvgIpc) is 1.87. The Labute approximate surface area is 62.2 Å². The first-order chi connectivity index (χ1) is 4.52. The van der Waals surface area contributed by atoms with Crippen LogP contribution in [0.2, 0.25) is 0 Å². The Bertz CT molecular complexity index is 116. The first kappa shape index (κ1) is 9.63. The van der Waals surface area contributed by atoms with E-state index in [1.807, 2.05) is 13.8 Å². The first-order valence-electron chi connectivity index (χ1n) is 3.76. The van der Waals surface area contributed by atoms with Gasteiger partial charge >= 0.3 is 0 Å². The quantitative estimate of drug-likeness (QED) is 0.649. The predicted molar refractivity (Wildman–Crippen MR) is 40.8 cm³/mol. The number of Topliss-reactive ketones (excluding diaryl/α,β-unsaturated/α-hetero) is 1. The van der Waals surface area contributed by atoms with E-state index in [-0.39, 0.29) is 5.78 Å². The van der Waals surface area contributed by atoms with Crippen LogP contribution in [-0.2, 0) is 4.79 Å². The van der Waals surface area contributed by atoms with Crippen molar-refractivity contribution in [2.45, 2.75) is 45.6 Å². The molecule has 2 nitrogen and oxygen atoms in total. The number of carbonyl (C=O) groups excluding carboxylic acids is 1. The summed E-state index contributed by atoms with van der Waals surface area (Å²) in [5, 5.41) is 9.40. The van der Waals surface area contributed by atoms with Gasteiger partial charge in [0, 0.05) is 12.8 Å². The molecule has 1 unspecified atom stereocenters. The molecule has 60 valence electrons. The number of ketones is 1. The third kappa shape index (κ3) is 3.62. The van der Waals surface area contributed by atoms with E-state index in [4.69, 9.17) is 0 Å². The molecule has 0 radical (unpaired) electrons. The van der Waals surface area contributed by atoms with Crippen LogP contribution in [0, 0.1) is 0 Å². The van der Waals surface area contributed by atoms with Crippen molar-refractivity contribution in [3.05, 3.63) is 0 Å². The normalized spacial score (nSPS) is 16.4. The molecule has 0 saturated heterocycles. The van der Waals surface area contributed by atoms with Crippen molar-refractivity contribution in [3.8, 4) is 0 Å². The van der Waals surface area contributed by atoms with Gasteiger partial charge in [0.05, 0.1) is 5.60 Å². The van der Waals surface area contributed by atoms with Crippen LogP contribution in [0.25, 0.3) is 0 Å². The number of rotatable bonds is 4. The molecule has 0 bridgehead atoms. The molecule has 0 aromatic rings. The summed E-state index contributed by atoms with van der Waals surface area (Å²) in [7, 11) is 0. The zero-order valence-corrected chi connectivity index (χ0v) is 6.98. The minimum atomic E-state index is -0.785. The molecule has 0 aromatic carbocycles. The van der Waals surface area contributed by atoms with E-state index < -0.39 is 5.60 Å². The SMILES string of the molecule is CCC(=O)CC(C)(O)CC. The monoisotopic (exact) mass is 144 g/mol. The highest BCUT2D eigenvalue weighted by molar-refractivity contribution is 5.78. The Hall–Kier alpha value is -0.370. The lowest BCUT2D eigenvalue weighted by Crippen LogP contribution is -2.26. The predicted octanol–water partition coefficient (Wildman–Crippen LogP) is 1.52. The molecular formula is C8H16O2. The fraction of sp³-hybridized carbons (Fsp3) is 0.875. The number of carbonyl (C=O) groups is 1. The van der Waals surface area contributed by atoms with Gasteiger partial charge in [-0.3, -0.25) is 4.79 Å². The molecule has 0 heterocycles. The van der Waals surface area contributed by atoms with E-state index in [2.05, 4.69) is 0 Å². The first-order valence-corrected chi connectivity index (χ1v) is 3.76. The number of hydrogen-bond acceptors (Lipinski definition) is 2. The molecule has 1 N–H and O–H groups in total. The summed E-state index contributed by atoms with van der Waals surface area (Å²) >= 11 is 0. The van der Waals surface area contributed by atoms with Gasteiger partial charge in [-0.15, -0.1) is 0 Å². The van der Waals surface area contributed by atoms with Gasteiger partial charge < -0.3 is 5.11 Å². The van der Waals surface area contributed by atoms with Crippen LogP contribution < -0.4 is 0 Å². The van der Waals surface area contributed by atoms with Crippen molar-refractivity contribution in [2.24, 2.45) is 0 Å². The molecule has 0 aliphatic rings. The molecule has 0 rings (SSSR count). The molecule has 0 aromatic heterocycles. The van der Waals surface area contributed by atoms with Crippen LogP contribution in [0.4, 0.5) is 0 Å². The standard InChI is InChI=1S/C8H16O2/c1-4-7(9)6-8(3,10)5-2/h10H,4-6H2,1-3H3. The fourth-order valence-electron chi connectivity index (χ4n) is 0.675. The molecule has 0 aliphatic heterocycles. The molecule has 0 saturated carbocycles. The molecule has 0 amide bonds. The third-order valence-corrected chi connectivity index (χ3v) is 1.73. The molecule has 0 fully saturated rings. The third-order valence-electron chi connectivity index (χ3n) is 1.73. The van der Waals surface area contributed by atoms with Gasteiger partial charge in [0.2, 0.25) is 0 Å². The van der Waals surface area contributed by atoms with Gasteiger partial charge in [-0.1, -0.05) is 13.8 Å². The maximum absolute atomic E-state index is 10.8. The van der Waals surface area contributed by atoms with E-state index in [1.165, 1.54) is 0 Å². The Kier molecular flexibility index (Phi) is 3.58. The minimum Gasteiger partial charge on any atom is -0.390 e. The van der Waals surface area contributed by atoms with Crippen molar-refractivity contribution in [1.82, 2.24) is 0 Å². The highest BCUT2D eigenvalue weighted by Crippen LogP contribution is 2.14. The highest BCUT2D eigenvalue weighted by atomic mass is 16.3. The van der Waals surface area contributed by atoms with Crippen molar-refractivity contribution < 1.29 is 9.90 Å². The lowest BCUT2D eigenvalue weighted by molar-refractivity contribution is -0.123. The van der Waals surface area contributed by atoms with Crippen LogP contribution >= 0.6 is 0 Å². The second kappa shape index (κ2) is 3.71. The molecule has 2 heteroatoms. The van der Waals surface area contributed by atoms with E-state index in [9.17, 15) is 9.90 Å². The van der Waals surface area contributed by atoms with E-state index in [0.717, 1.165) is 0 Å². The zero-order valence-electron chi connectivity index (χ0n) is 6.98. The summed E-state index contributed by atoms with van der Waals surface area (Å²) in [6.07, 6.45) is 1.45. The molecule has 10 heavy (non-hydrogen) atoms. The van der Waals surface area contributed by atoms with E-state index in [0.29, 0.717) is 19.3 Å². The molecule has 0 aliphatic carbocycles. The van der Waals surface area contributed by atoms with Gasteiger partial charge in [-0.2, -0.15) is 0 Å². The van der Waals surface area contributed by atoms with E-state index in [1.54, 1.807) is 6.92 Å². The summed E-state index contributed by atoms with van der Waals surface area (Å²) in [6, 6.07) is 0. The summed E-state index contributed by atoms with van der Waals surface area (Å²) in [5.41, 5.74) is -0.785. The second-order valence-corrected chi connectivity index (χ2v) is 2.92. The van der Waals surface area contributed by atoms with Crippen LogP contribution in [0.1, 0.15) is 40.0 Å². The Morgan fingerprint density at radius 2 is 2.00 bits per heavy atom. The van der Waals surface area contributed by atoms with Gasteiger partial charge in [-0.25, -0.2) is 0 Å². The lowest BCUT2D eigenvalue weighted by Gasteiger charge is -2.19. The van der Waals surface area contributed by atoms with Gasteiger partial charge in [-0.05, 0) is 13.3 Å². The summed E-state index contributed by atoms with van der Waals surface area (Å²) in [4.78, 5) is 10.8. The Morgan fingerprint density at radius 1 is 1.50 bits per heavy atom. The summed E-state index contributed by atoms with van der Waals surface area (Å²) in [5.74, 6) is 0.131. The maximum atomic E-state index is 10.8. The smallest absolute Gasteiger partial charge is 0.135 e. The van der Waals surface area contributed by atoms with Gasteiger partial charge in [0.15, 0.2) is 0 Å². The molecule has 0 spiro atoms. The van der Waals surface area contributed by atoms with Crippen LogP contribution in [-0.4, -0.2) is 16.5 Å². The fourth-order valence-corrected chi connectivity index (χ4v) is 0.675. The lowest BCUT2D eigenvalue weighted by atomic mass is 9.96. The Balaban J connectivity index is 3.76. The maximum Gasteiger partial charge on any atom is 0.135 e. The summed E-state index contributed by atoms with van der Waals surface area (Å²) in [6.45, 7) is 5.39. The number of hydrogen-bond donors (Lipinski definition) is 1. The Morgan fingerprint density at radius 3 is 2.30 bits per heavy atom. The van der Waals surface area contributed by atoms with Crippen LogP contribution in [0.15, 0.2) is 0 Å². The van der Waals surface area contributed by atoms with Crippen LogP contribution in [0.5, 0.6) is 0 Å². The van der Waals surface area contributed by atoms with E-state index >= 15 is 0 Å². The number of aliphatic hydroxyl groups is 1. The highest BCUT2D eigenvalue weighted by Gasteiger charge is 2.20. The van der Waals surface area contributed by atoms with Crippen molar-refractivity contribution >= 4 is 5.78 Å². The zero-order chi connectivity index (χ0) is 8.20. The van der Waals surface area contributed by atoms with Gasteiger partial charge in [0.25, 0.3) is 0 Å². The minimum absolute atomic E-state index is 0.131. The van der Waals surface area contributed by atoms with Crippen molar-refractivity contribution in [1.29, 1.82) is 0 Å². The van der Waals surface area contributed by atoms with Crippen LogP contribution in [0.3, 0.4) is 0 Å².